The van der Waals surface area contributed by atoms with Crippen molar-refractivity contribution in [3.05, 3.63) is 0 Å². The van der Waals surface area contributed by atoms with Crippen LogP contribution in [0.25, 0.3) is 0 Å². The Hall–Kier alpha value is -0.600. The molecule has 0 heterocycles. The molecule has 0 saturated carbocycles. The molecule has 0 aliphatic heterocycles. The lowest BCUT2D eigenvalue weighted by atomic mass is 10.4. The predicted octanol–water partition coefficient (Wildman–Crippen LogP) is 0.656. The largest absolute Gasteiger partial charge is 0.268 e. The van der Waals surface area contributed by atoms with Gasteiger partial charge >= 0.3 is 0 Å². The van der Waals surface area contributed by atoms with Crippen LogP contribution in [0, 0.1) is 11.3 Å². The molecule has 0 unspecified atom stereocenters. The van der Waals surface area contributed by atoms with Crippen LogP contribution in [-0.4, -0.2) is 20.8 Å². The molecule has 0 spiro atoms. The molecule has 4 nitrogen and oxygen atoms in total. The van der Waals surface area contributed by atoms with Crippen LogP contribution in [-0.2, 0) is 14.3 Å². The van der Waals surface area contributed by atoms with Crippen LogP contribution in [0.3, 0.4) is 0 Å². The van der Waals surface area contributed by atoms with Gasteiger partial charge in [-0.3, -0.25) is 4.18 Å². The normalized spacial score (nSPS) is 10.9. The van der Waals surface area contributed by atoms with Crippen LogP contribution < -0.4 is 0 Å². The summed E-state index contributed by atoms with van der Waals surface area (Å²) >= 11 is 0. The summed E-state index contributed by atoms with van der Waals surface area (Å²) in [6.45, 7) is 1.51. The summed E-state index contributed by atoms with van der Waals surface area (Å²) in [6, 6.07) is 1.60. The van der Waals surface area contributed by atoms with Gasteiger partial charge in [0.25, 0.3) is 10.1 Å². The second-order valence-electron chi connectivity index (χ2n) is 2.04. The van der Waals surface area contributed by atoms with Gasteiger partial charge in [0.2, 0.25) is 0 Å². The number of rotatable bonds is 5. The van der Waals surface area contributed by atoms with E-state index in [2.05, 4.69) is 4.18 Å². The van der Waals surface area contributed by atoms with E-state index in [0.29, 0.717) is 6.42 Å². The molecule has 0 aromatic rings. The Labute approximate surface area is 66.9 Å². The molecule has 0 saturated heterocycles. The second-order valence-corrected chi connectivity index (χ2v) is 3.79. The van der Waals surface area contributed by atoms with E-state index in [0.717, 1.165) is 6.42 Å². The van der Waals surface area contributed by atoms with Gasteiger partial charge in [0.05, 0.1) is 11.8 Å². The third kappa shape index (κ3) is 5.83. The summed E-state index contributed by atoms with van der Waals surface area (Å²) < 4.78 is 25.8. The maximum absolute atomic E-state index is 10.8. The SMILES string of the molecule is CCCCS(=O)(=O)OCC#N. The Bertz CT molecular complexity index is 227. The predicted molar refractivity (Wildman–Crippen MR) is 40.3 cm³/mol. The number of hydrogen-bond acceptors (Lipinski definition) is 4. The molecule has 0 aliphatic rings. The summed E-state index contributed by atoms with van der Waals surface area (Å²) in [4.78, 5) is 0. The average molecular weight is 177 g/mol. The molecule has 11 heavy (non-hydrogen) atoms. The van der Waals surface area contributed by atoms with Crippen molar-refractivity contribution in [3.63, 3.8) is 0 Å². The molecule has 0 aromatic heterocycles. The highest BCUT2D eigenvalue weighted by Gasteiger charge is 2.08. The van der Waals surface area contributed by atoms with Gasteiger partial charge in [-0.2, -0.15) is 13.7 Å². The molecular weight excluding hydrogens is 166 g/mol. The Kier molecular flexibility index (Phi) is 4.83. The van der Waals surface area contributed by atoms with E-state index in [1.807, 2.05) is 6.92 Å². The first kappa shape index (κ1) is 10.4. The topological polar surface area (TPSA) is 67.2 Å². The summed E-state index contributed by atoms with van der Waals surface area (Å²) in [7, 11) is -3.43. The minimum Gasteiger partial charge on any atom is -0.255 e. The van der Waals surface area contributed by atoms with Crippen molar-refractivity contribution in [3.8, 4) is 6.07 Å². The fourth-order valence-corrected chi connectivity index (χ4v) is 1.49. The Balaban J connectivity index is 3.74. The molecule has 0 rings (SSSR count). The first-order chi connectivity index (χ1) is 5.12. The maximum atomic E-state index is 10.8. The number of nitriles is 1. The molecule has 0 atom stereocenters. The van der Waals surface area contributed by atoms with Gasteiger partial charge in [-0.05, 0) is 6.42 Å². The first-order valence-corrected chi connectivity index (χ1v) is 4.94. The quantitative estimate of drug-likeness (QED) is 0.578. The van der Waals surface area contributed by atoms with E-state index in [9.17, 15) is 8.42 Å². The van der Waals surface area contributed by atoms with Crippen LogP contribution in [0.4, 0.5) is 0 Å². The van der Waals surface area contributed by atoms with Gasteiger partial charge in [0.1, 0.15) is 0 Å². The number of hydrogen-bond donors (Lipinski definition) is 0. The fraction of sp³-hybridized carbons (Fsp3) is 0.833. The maximum Gasteiger partial charge on any atom is 0.268 e. The molecule has 0 fully saturated rings. The molecule has 5 heteroatoms. The van der Waals surface area contributed by atoms with Crippen molar-refractivity contribution in [1.29, 1.82) is 5.26 Å². The van der Waals surface area contributed by atoms with E-state index in [1.165, 1.54) is 0 Å². The lowest BCUT2D eigenvalue weighted by molar-refractivity contribution is 0.360. The van der Waals surface area contributed by atoms with Crippen LogP contribution in [0.15, 0.2) is 0 Å². The lowest BCUT2D eigenvalue weighted by Gasteiger charge is -1.99. The van der Waals surface area contributed by atoms with Crippen LogP contribution in [0.5, 0.6) is 0 Å². The standard InChI is InChI=1S/C6H11NO3S/c1-2-3-6-11(8,9)10-5-4-7/h2-3,5-6H2,1H3. The monoisotopic (exact) mass is 177 g/mol. The smallest absolute Gasteiger partial charge is 0.255 e. The van der Waals surface area contributed by atoms with Gasteiger partial charge < -0.3 is 0 Å². The average Bonchev–Trinajstić information content (AvgIpc) is 1.97. The van der Waals surface area contributed by atoms with Crippen LogP contribution in [0.1, 0.15) is 19.8 Å². The van der Waals surface area contributed by atoms with E-state index < -0.39 is 10.1 Å². The molecule has 0 aromatic carbocycles. The first-order valence-electron chi connectivity index (χ1n) is 3.36. The van der Waals surface area contributed by atoms with E-state index in [-0.39, 0.29) is 12.4 Å². The molecule has 0 N–H and O–H groups in total. The van der Waals surface area contributed by atoms with Crippen molar-refractivity contribution in [2.75, 3.05) is 12.4 Å². The van der Waals surface area contributed by atoms with Crippen molar-refractivity contribution in [2.45, 2.75) is 19.8 Å². The number of nitrogens with zero attached hydrogens (tertiary/aromatic N) is 1. The van der Waals surface area contributed by atoms with E-state index >= 15 is 0 Å². The van der Waals surface area contributed by atoms with Crippen LogP contribution >= 0.6 is 0 Å². The third-order valence-corrected chi connectivity index (χ3v) is 2.32. The highest BCUT2D eigenvalue weighted by molar-refractivity contribution is 7.86. The number of unbranched alkanes of at least 4 members (excludes halogenated alkanes) is 1. The zero-order valence-corrected chi connectivity index (χ0v) is 7.23. The molecule has 0 aliphatic carbocycles. The molecule has 0 radical (unpaired) electrons. The third-order valence-electron chi connectivity index (χ3n) is 1.05. The molecule has 0 amide bonds. The summed E-state index contributed by atoms with van der Waals surface area (Å²) in [6.07, 6.45) is 1.38. The van der Waals surface area contributed by atoms with Gasteiger partial charge in [0.15, 0.2) is 6.61 Å². The minimum atomic E-state index is -3.43. The van der Waals surface area contributed by atoms with Gasteiger partial charge in [-0.15, -0.1) is 0 Å². The van der Waals surface area contributed by atoms with Crippen LogP contribution in [0.2, 0.25) is 0 Å². The molecule has 64 valence electrons. The highest BCUT2D eigenvalue weighted by Crippen LogP contribution is 1.97. The Morgan fingerprint density at radius 1 is 1.55 bits per heavy atom. The zero-order chi connectivity index (χ0) is 8.74. The zero-order valence-electron chi connectivity index (χ0n) is 6.41. The summed E-state index contributed by atoms with van der Waals surface area (Å²) in [5.74, 6) is 0.00514. The summed E-state index contributed by atoms with van der Waals surface area (Å²) in [5.41, 5.74) is 0. The van der Waals surface area contributed by atoms with Gasteiger partial charge in [-0.25, -0.2) is 0 Å². The van der Waals surface area contributed by atoms with Gasteiger partial charge in [-0.1, -0.05) is 13.3 Å². The Morgan fingerprint density at radius 3 is 2.64 bits per heavy atom. The fourth-order valence-electron chi connectivity index (χ4n) is 0.496. The highest BCUT2D eigenvalue weighted by atomic mass is 32.2. The Morgan fingerprint density at radius 2 is 2.18 bits per heavy atom. The van der Waals surface area contributed by atoms with E-state index in [1.54, 1.807) is 6.07 Å². The van der Waals surface area contributed by atoms with Crippen molar-refractivity contribution >= 4 is 10.1 Å². The molecular formula is C6H11NO3S. The summed E-state index contributed by atoms with van der Waals surface area (Å²) in [5, 5.41) is 8.02. The second kappa shape index (κ2) is 5.10. The van der Waals surface area contributed by atoms with Crippen molar-refractivity contribution in [2.24, 2.45) is 0 Å². The van der Waals surface area contributed by atoms with Crippen molar-refractivity contribution < 1.29 is 12.6 Å². The van der Waals surface area contributed by atoms with Crippen molar-refractivity contribution in [1.82, 2.24) is 0 Å². The molecule has 0 bridgehead atoms. The van der Waals surface area contributed by atoms with E-state index in [4.69, 9.17) is 5.26 Å². The minimum absolute atomic E-state index is 0.00514. The van der Waals surface area contributed by atoms with Gasteiger partial charge in [0, 0.05) is 0 Å². The lowest BCUT2D eigenvalue weighted by Crippen LogP contribution is -2.10.